The van der Waals surface area contributed by atoms with Crippen molar-refractivity contribution in [3.63, 3.8) is 0 Å². The SMILES string of the molecule is O=C(CCc1nc(-c2ccsc2)no1)Nc1ccc(Oc2ncccn2)cc1. The average Bonchev–Trinajstić information content (AvgIpc) is 3.41. The van der Waals surface area contributed by atoms with Gasteiger partial charge < -0.3 is 14.6 Å². The second kappa shape index (κ2) is 8.40. The lowest BCUT2D eigenvalue weighted by atomic mass is 10.2. The van der Waals surface area contributed by atoms with E-state index in [9.17, 15) is 4.79 Å². The molecule has 140 valence electrons. The van der Waals surface area contributed by atoms with Crippen LogP contribution in [0.2, 0.25) is 0 Å². The highest BCUT2D eigenvalue weighted by Crippen LogP contribution is 2.21. The molecule has 1 N–H and O–H groups in total. The van der Waals surface area contributed by atoms with Crippen LogP contribution in [0.1, 0.15) is 12.3 Å². The van der Waals surface area contributed by atoms with Gasteiger partial charge in [0.1, 0.15) is 5.75 Å². The van der Waals surface area contributed by atoms with Crippen LogP contribution >= 0.6 is 11.3 Å². The Balaban J connectivity index is 1.28. The van der Waals surface area contributed by atoms with Crippen LogP contribution in [0.15, 0.2) is 64.1 Å². The van der Waals surface area contributed by atoms with Crippen LogP contribution in [0.3, 0.4) is 0 Å². The molecule has 3 heterocycles. The number of nitrogens with zero attached hydrogens (tertiary/aromatic N) is 4. The van der Waals surface area contributed by atoms with Crippen molar-refractivity contribution in [2.75, 3.05) is 5.32 Å². The molecule has 0 fully saturated rings. The molecule has 8 nitrogen and oxygen atoms in total. The molecular weight excluding hydrogens is 378 g/mol. The van der Waals surface area contributed by atoms with Crippen LogP contribution in [-0.4, -0.2) is 26.0 Å². The molecule has 0 radical (unpaired) electrons. The van der Waals surface area contributed by atoms with E-state index < -0.39 is 0 Å². The van der Waals surface area contributed by atoms with Crippen LogP contribution < -0.4 is 10.1 Å². The van der Waals surface area contributed by atoms with Crippen molar-refractivity contribution in [1.29, 1.82) is 0 Å². The van der Waals surface area contributed by atoms with Crippen molar-refractivity contribution in [2.24, 2.45) is 0 Å². The lowest BCUT2D eigenvalue weighted by Crippen LogP contribution is -2.12. The summed E-state index contributed by atoms with van der Waals surface area (Å²) in [7, 11) is 0. The van der Waals surface area contributed by atoms with E-state index in [1.54, 1.807) is 54.1 Å². The lowest BCUT2D eigenvalue weighted by Gasteiger charge is -2.06. The first-order chi connectivity index (χ1) is 13.8. The van der Waals surface area contributed by atoms with Gasteiger partial charge in [-0.05, 0) is 41.8 Å². The van der Waals surface area contributed by atoms with Crippen LogP contribution in [0.5, 0.6) is 11.8 Å². The smallest absolute Gasteiger partial charge is 0.321 e. The number of carbonyl (C=O) groups excluding carboxylic acids is 1. The van der Waals surface area contributed by atoms with E-state index in [1.165, 1.54) is 0 Å². The fraction of sp³-hybridized carbons (Fsp3) is 0.105. The van der Waals surface area contributed by atoms with Gasteiger partial charge in [0.2, 0.25) is 17.6 Å². The Labute approximate surface area is 164 Å². The van der Waals surface area contributed by atoms with E-state index >= 15 is 0 Å². The fourth-order valence-electron chi connectivity index (χ4n) is 2.36. The number of amides is 1. The summed E-state index contributed by atoms with van der Waals surface area (Å²) in [4.78, 5) is 24.4. The number of rotatable bonds is 7. The van der Waals surface area contributed by atoms with Gasteiger partial charge in [0.25, 0.3) is 0 Å². The second-order valence-corrected chi connectivity index (χ2v) is 6.51. The molecule has 1 aromatic carbocycles. The van der Waals surface area contributed by atoms with Crippen LogP contribution in [0, 0.1) is 0 Å². The number of aryl methyl sites for hydroxylation is 1. The second-order valence-electron chi connectivity index (χ2n) is 5.73. The molecule has 0 bridgehead atoms. The molecule has 0 saturated heterocycles. The third-order valence-electron chi connectivity index (χ3n) is 3.70. The first kappa shape index (κ1) is 17.8. The predicted molar refractivity (Wildman–Crippen MR) is 103 cm³/mol. The van der Waals surface area contributed by atoms with Crippen LogP contribution in [-0.2, 0) is 11.2 Å². The van der Waals surface area contributed by atoms with Gasteiger partial charge in [0.05, 0.1) is 0 Å². The molecule has 1 amide bonds. The fourth-order valence-corrected chi connectivity index (χ4v) is 2.99. The van der Waals surface area contributed by atoms with Crippen molar-refractivity contribution in [1.82, 2.24) is 20.1 Å². The van der Waals surface area contributed by atoms with Crippen LogP contribution in [0.25, 0.3) is 11.4 Å². The zero-order valence-electron chi connectivity index (χ0n) is 14.6. The summed E-state index contributed by atoms with van der Waals surface area (Å²) in [5.41, 5.74) is 1.57. The summed E-state index contributed by atoms with van der Waals surface area (Å²) >= 11 is 1.56. The summed E-state index contributed by atoms with van der Waals surface area (Å²) in [5.74, 6) is 1.41. The molecule has 0 aliphatic carbocycles. The first-order valence-corrected chi connectivity index (χ1v) is 9.40. The van der Waals surface area contributed by atoms with Gasteiger partial charge >= 0.3 is 6.01 Å². The molecule has 0 saturated carbocycles. The van der Waals surface area contributed by atoms with Gasteiger partial charge in [0, 0.05) is 41.9 Å². The van der Waals surface area contributed by atoms with Crippen molar-refractivity contribution < 1.29 is 14.1 Å². The molecule has 28 heavy (non-hydrogen) atoms. The van der Waals surface area contributed by atoms with Crippen molar-refractivity contribution in [2.45, 2.75) is 12.8 Å². The minimum atomic E-state index is -0.143. The molecule has 0 aliphatic rings. The summed E-state index contributed by atoms with van der Waals surface area (Å²) < 4.78 is 10.7. The molecule has 3 aromatic heterocycles. The van der Waals surface area contributed by atoms with E-state index in [2.05, 4.69) is 25.4 Å². The maximum atomic E-state index is 12.1. The molecule has 4 rings (SSSR count). The highest BCUT2D eigenvalue weighted by molar-refractivity contribution is 7.08. The zero-order valence-corrected chi connectivity index (χ0v) is 15.4. The predicted octanol–water partition coefficient (Wildman–Crippen LogP) is 3.95. The van der Waals surface area contributed by atoms with E-state index in [0.29, 0.717) is 29.6 Å². The molecule has 9 heteroatoms. The number of aromatic nitrogens is 4. The van der Waals surface area contributed by atoms with E-state index in [1.807, 2.05) is 16.8 Å². The summed E-state index contributed by atoms with van der Waals surface area (Å²) in [6.45, 7) is 0. The van der Waals surface area contributed by atoms with Gasteiger partial charge in [-0.1, -0.05) is 5.16 Å². The van der Waals surface area contributed by atoms with Gasteiger partial charge in [-0.15, -0.1) is 0 Å². The number of nitrogens with one attached hydrogen (secondary N) is 1. The number of carbonyl (C=O) groups is 1. The number of hydrogen-bond acceptors (Lipinski definition) is 8. The highest BCUT2D eigenvalue weighted by atomic mass is 32.1. The van der Waals surface area contributed by atoms with Crippen molar-refractivity contribution >= 4 is 22.9 Å². The minimum Gasteiger partial charge on any atom is -0.424 e. The third-order valence-corrected chi connectivity index (χ3v) is 4.39. The van der Waals surface area contributed by atoms with Crippen molar-refractivity contribution in [3.05, 3.63) is 65.4 Å². The first-order valence-electron chi connectivity index (χ1n) is 8.46. The largest absolute Gasteiger partial charge is 0.424 e. The molecule has 0 aliphatic heterocycles. The quantitative estimate of drug-likeness (QED) is 0.507. The molecular formula is C19H15N5O3S. The number of benzene rings is 1. The number of thiophene rings is 1. The van der Waals surface area contributed by atoms with Gasteiger partial charge in [-0.25, -0.2) is 9.97 Å². The Hall–Kier alpha value is -3.59. The third kappa shape index (κ3) is 4.57. The maximum Gasteiger partial charge on any atom is 0.321 e. The number of hydrogen-bond donors (Lipinski definition) is 1. The highest BCUT2D eigenvalue weighted by Gasteiger charge is 2.11. The molecule has 0 unspecified atom stereocenters. The Kier molecular flexibility index (Phi) is 5.34. The summed E-state index contributed by atoms with van der Waals surface area (Å²) in [5, 5.41) is 10.6. The standard InChI is InChI=1S/C19H15N5O3S/c25-16(6-7-17-23-18(24-27-17)13-8-11-28-12-13)22-14-2-4-15(5-3-14)26-19-20-9-1-10-21-19/h1-5,8-12H,6-7H2,(H,22,25). The van der Waals surface area contributed by atoms with Gasteiger partial charge in [0.15, 0.2) is 0 Å². The lowest BCUT2D eigenvalue weighted by molar-refractivity contribution is -0.116. The normalized spacial score (nSPS) is 10.6. The average molecular weight is 393 g/mol. The Morgan fingerprint density at radius 3 is 2.71 bits per heavy atom. The zero-order chi connectivity index (χ0) is 19.2. The number of anilines is 1. The topological polar surface area (TPSA) is 103 Å². The Bertz CT molecular complexity index is 1030. The maximum absolute atomic E-state index is 12.1. The monoisotopic (exact) mass is 393 g/mol. The van der Waals surface area contributed by atoms with Crippen molar-refractivity contribution in [3.8, 4) is 23.1 Å². The van der Waals surface area contributed by atoms with E-state index in [0.717, 1.165) is 5.56 Å². The summed E-state index contributed by atoms with van der Waals surface area (Å²) in [6, 6.07) is 10.9. The van der Waals surface area contributed by atoms with E-state index in [4.69, 9.17) is 9.26 Å². The Morgan fingerprint density at radius 1 is 1.14 bits per heavy atom. The molecule has 4 aromatic rings. The number of ether oxygens (including phenoxy) is 1. The molecule has 0 spiro atoms. The van der Waals surface area contributed by atoms with Gasteiger partial charge in [-0.2, -0.15) is 16.3 Å². The van der Waals surface area contributed by atoms with Crippen LogP contribution in [0.4, 0.5) is 5.69 Å². The summed E-state index contributed by atoms with van der Waals surface area (Å²) in [6.07, 6.45) is 3.81. The van der Waals surface area contributed by atoms with Gasteiger partial charge in [-0.3, -0.25) is 4.79 Å². The van der Waals surface area contributed by atoms with E-state index in [-0.39, 0.29) is 18.3 Å². The molecule has 0 atom stereocenters. The Morgan fingerprint density at radius 2 is 1.96 bits per heavy atom. The minimum absolute atomic E-state index is 0.143.